The molecule has 1 fully saturated rings. The lowest BCUT2D eigenvalue weighted by Crippen LogP contribution is -2.41. The van der Waals surface area contributed by atoms with Crippen molar-refractivity contribution in [3.63, 3.8) is 0 Å². The van der Waals surface area contributed by atoms with Crippen molar-refractivity contribution < 1.29 is 19.1 Å². The smallest absolute Gasteiger partial charge is 0.309 e. The van der Waals surface area contributed by atoms with E-state index in [4.69, 9.17) is 9.47 Å². The van der Waals surface area contributed by atoms with Crippen LogP contribution in [-0.4, -0.2) is 46.3 Å². The minimum atomic E-state index is -0.162. The number of piperidine rings is 1. The van der Waals surface area contributed by atoms with Crippen molar-refractivity contribution in [3.05, 3.63) is 35.5 Å². The van der Waals surface area contributed by atoms with Crippen LogP contribution in [0.3, 0.4) is 0 Å². The van der Waals surface area contributed by atoms with E-state index in [-0.39, 0.29) is 17.8 Å². The number of hydrogen-bond acceptors (Lipinski definition) is 5. The topological polar surface area (TPSA) is 73.7 Å². The number of fused-ring (bicyclic) bond motifs is 3. The van der Waals surface area contributed by atoms with Gasteiger partial charge in [0.05, 0.1) is 18.2 Å². The summed E-state index contributed by atoms with van der Waals surface area (Å²) in [6.07, 6.45) is 1.25. The van der Waals surface area contributed by atoms with E-state index in [0.717, 1.165) is 22.6 Å². The van der Waals surface area contributed by atoms with Crippen LogP contribution in [-0.2, 0) is 23.2 Å². The number of ether oxygens (including phenoxy) is 2. The SMILES string of the molecule is CCOC(=O)C1CCN(C(=O)c2nn(C)c3c2COc2ccccc2-3)CC1. The van der Waals surface area contributed by atoms with Gasteiger partial charge in [0.1, 0.15) is 12.4 Å². The molecule has 0 spiro atoms. The second-order valence-corrected chi connectivity index (χ2v) is 6.90. The maximum absolute atomic E-state index is 13.1. The van der Waals surface area contributed by atoms with Gasteiger partial charge in [0.15, 0.2) is 5.69 Å². The fourth-order valence-corrected chi connectivity index (χ4v) is 3.88. The summed E-state index contributed by atoms with van der Waals surface area (Å²) in [6, 6.07) is 7.78. The number of amides is 1. The number of nitrogens with zero attached hydrogens (tertiary/aromatic N) is 3. The lowest BCUT2D eigenvalue weighted by atomic mass is 9.96. The molecule has 0 atom stereocenters. The van der Waals surface area contributed by atoms with Crippen molar-refractivity contribution in [2.24, 2.45) is 13.0 Å². The van der Waals surface area contributed by atoms with Crippen LogP contribution >= 0.6 is 0 Å². The number of likely N-dealkylation sites (tertiary alicyclic amines) is 1. The molecule has 4 rings (SSSR count). The van der Waals surface area contributed by atoms with E-state index in [1.54, 1.807) is 16.5 Å². The van der Waals surface area contributed by atoms with Gasteiger partial charge in [0.25, 0.3) is 5.91 Å². The van der Waals surface area contributed by atoms with Gasteiger partial charge in [-0.15, -0.1) is 0 Å². The number of hydrogen-bond donors (Lipinski definition) is 0. The van der Waals surface area contributed by atoms with Crippen molar-refractivity contribution >= 4 is 11.9 Å². The Balaban J connectivity index is 1.54. The molecule has 1 aromatic heterocycles. The van der Waals surface area contributed by atoms with Gasteiger partial charge in [-0.2, -0.15) is 5.10 Å². The molecular weight excluding hydrogens is 346 g/mol. The van der Waals surface area contributed by atoms with Crippen LogP contribution in [0.15, 0.2) is 24.3 Å². The van der Waals surface area contributed by atoms with Crippen LogP contribution in [0.2, 0.25) is 0 Å². The summed E-state index contributed by atoms with van der Waals surface area (Å²) in [6.45, 7) is 3.59. The van der Waals surface area contributed by atoms with E-state index in [0.29, 0.717) is 44.8 Å². The Labute approximate surface area is 157 Å². The van der Waals surface area contributed by atoms with E-state index >= 15 is 0 Å². The largest absolute Gasteiger partial charge is 0.488 e. The van der Waals surface area contributed by atoms with Crippen molar-refractivity contribution in [3.8, 4) is 17.0 Å². The third-order valence-corrected chi connectivity index (χ3v) is 5.26. The fraction of sp³-hybridized carbons (Fsp3) is 0.450. The molecule has 142 valence electrons. The van der Waals surface area contributed by atoms with Crippen molar-refractivity contribution in [2.75, 3.05) is 19.7 Å². The maximum atomic E-state index is 13.1. The Morgan fingerprint density at radius 1 is 1.26 bits per heavy atom. The number of rotatable bonds is 3. The molecule has 7 nitrogen and oxygen atoms in total. The van der Waals surface area contributed by atoms with E-state index in [9.17, 15) is 9.59 Å². The number of benzene rings is 1. The summed E-state index contributed by atoms with van der Waals surface area (Å²) in [7, 11) is 1.85. The third-order valence-electron chi connectivity index (χ3n) is 5.26. The standard InChI is InChI=1S/C20H23N3O4/c1-3-26-20(25)13-8-10-23(11-9-13)19(24)17-15-12-27-16-7-5-4-6-14(16)18(15)22(2)21-17/h4-7,13H,3,8-12H2,1-2H3. The van der Waals surface area contributed by atoms with Gasteiger partial charge in [0.2, 0.25) is 0 Å². The highest BCUT2D eigenvalue weighted by atomic mass is 16.5. The molecule has 2 aliphatic heterocycles. The van der Waals surface area contributed by atoms with Gasteiger partial charge in [0, 0.05) is 31.3 Å². The molecular formula is C20H23N3O4. The van der Waals surface area contributed by atoms with Gasteiger partial charge < -0.3 is 14.4 Å². The molecule has 0 N–H and O–H groups in total. The molecule has 1 amide bonds. The lowest BCUT2D eigenvalue weighted by Gasteiger charge is -2.30. The van der Waals surface area contributed by atoms with Crippen LogP contribution in [0.4, 0.5) is 0 Å². The van der Waals surface area contributed by atoms with Crippen molar-refractivity contribution in [1.82, 2.24) is 14.7 Å². The summed E-state index contributed by atoms with van der Waals surface area (Å²) < 4.78 is 12.7. The number of aromatic nitrogens is 2. The first-order valence-corrected chi connectivity index (χ1v) is 9.34. The summed E-state index contributed by atoms with van der Waals surface area (Å²) in [5.74, 6) is 0.422. The molecule has 0 radical (unpaired) electrons. The van der Waals surface area contributed by atoms with Crippen molar-refractivity contribution in [2.45, 2.75) is 26.4 Å². The third kappa shape index (κ3) is 3.07. The van der Waals surface area contributed by atoms with Crippen LogP contribution < -0.4 is 4.74 Å². The highest BCUT2D eigenvalue weighted by molar-refractivity contribution is 5.96. The molecule has 1 saturated heterocycles. The van der Waals surface area contributed by atoms with E-state index < -0.39 is 0 Å². The Hall–Kier alpha value is -2.83. The molecule has 0 unspecified atom stereocenters. The first kappa shape index (κ1) is 17.6. The second kappa shape index (κ2) is 7.06. The Kier molecular flexibility index (Phi) is 4.59. The number of carbonyl (C=O) groups excluding carboxylic acids is 2. The molecule has 3 heterocycles. The van der Waals surface area contributed by atoms with Gasteiger partial charge in [-0.3, -0.25) is 14.3 Å². The molecule has 27 heavy (non-hydrogen) atoms. The minimum Gasteiger partial charge on any atom is -0.488 e. The highest BCUT2D eigenvalue weighted by Gasteiger charge is 2.33. The van der Waals surface area contributed by atoms with Gasteiger partial charge in [-0.25, -0.2) is 0 Å². The quantitative estimate of drug-likeness (QED) is 0.777. The monoisotopic (exact) mass is 369 g/mol. The Morgan fingerprint density at radius 3 is 2.74 bits per heavy atom. The zero-order chi connectivity index (χ0) is 19.0. The number of esters is 1. The molecule has 2 aromatic rings. The summed E-state index contributed by atoms with van der Waals surface area (Å²) >= 11 is 0. The predicted molar refractivity (Wildman–Crippen MR) is 98.2 cm³/mol. The van der Waals surface area contributed by atoms with E-state index in [1.165, 1.54) is 0 Å². The summed E-state index contributed by atoms with van der Waals surface area (Å²) in [4.78, 5) is 26.8. The number of carbonyl (C=O) groups is 2. The fourth-order valence-electron chi connectivity index (χ4n) is 3.88. The van der Waals surface area contributed by atoms with E-state index in [1.807, 2.05) is 31.3 Å². The Morgan fingerprint density at radius 2 is 2.00 bits per heavy atom. The first-order valence-electron chi connectivity index (χ1n) is 9.34. The van der Waals surface area contributed by atoms with E-state index in [2.05, 4.69) is 5.10 Å². The lowest BCUT2D eigenvalue weighted by molar-refractivity contribution is -0.149. The zero-order valence-electron chi connectivity index (χ0n) is 15.6. The number of aryl methyl sites for hydroxylation is 1. The van der Waals surface area contributed by atoms with Crippen LogP contribution in [0, 0.1) is 5.92 Å². The van der Waals surface area contributed by atoms with Crippen molar-refractivity contribution in [1.29, 1.82) is 0 Å². The summed E-state index contributed by atoms with van der Waals surface area (Å²) in [5.41, 5.74) is 3.15. The molecule has 0 bridgehead atoms. The molecule has 7 heteroatoms. The minimum absolute atomic E-state index is 0.0999. The molecule has 1 aromatic carbocycles. The average Bonchev–Trinajstić information content (AvgIpc) is 3.05. The number of para-hydroxylation sites is 1. The molecule has 0 aliphatic carbocycles. The van der Waals surface area contributed by atoms with Crippen LogP contribution in [0.5, 0.6) is 5.75 Å². The zero-order valence-corrected chi connectivity index (χ0v) is 15.6. The molecule has 2 aliphatic rings. The predicted octanol–water partition coefficient (Wildman–Crippen LogP) is 2.39. The normalized spacial score (nSPS) is 16.3. The second-order valence-electron chi connectivity index (χ2n) is 6.90. The highest BCUT2D eigenvalue weighted by Crippen LogP contribution is 2.38. The maximum Gasteiger partial charge on any atom is 0.309 e. The summed E-state index contributed by atoms with van der Waals surface area (Å²) in [5, 5.41) is 4.50. The van der Waals surface area contributed by atoms with Gasteiger partial charge in [-0.1, -0.05) is 12.1 Å². The van der Waals surface area contributed by atoms with Crippen LogP contribution in [0.1, 0.15) is 35.8 Å². The van der Waals surface area contributed by atoms with Crippen LogP contribution in [0.25, 0.3) is 11.3 Å². The van der Waals surface area contributed by atoms with Gasteiger partial charge >= 0.3 is 5.97 Å². The first-order chi connectivity index (χ1) is 13.1. The Bertz CT molecular complexity index is 881. The van der Waals surface area contributed by atoms with Gasteiger partial charge in [-0.05, 0) is 31.9 Å². The molecule has 0 saturated carbocycles. The average molecular weight is 369 g/mol.